The van der Waals surface area contributed by atoms with Gasteiger partial charge >= 0.3 is 5.97 Å². The lowest BCUT2D eigenvalue weighted by molar-refractivity contribution is -0.371. The van der Waals surface area contributed by atoms with Crippen LogP contribution in [0.4, 0.5) is 0 Å². The maximum atomic E-state index is 13.9. The molecular weight excluding hydrogens is 502 g/mol. The lowest BCUT2D eigenvalue weighted by Crippen LogP contribution is -2.86. The van der Waals surface area contributed by atoms with Crippen molar-refractivity contribution in [2.75, 3.05) is 26.3 Å². The van der Waals surface area contributed by atoms with E-state index >= 15 is 0 Å². The van der Waals surface area contributed by atoms with E-state index in [1.54, 1.807) is 20.8 Å². The van der Waals surface area contributed by atoms with Crippen LogP contribution in [0.15, 0.2) is 12.7 Å². The Hall–Kier alpha value is -1.07. The van der Waals surface area contributed by atoms with Crippen molar-refractivity contribution >= 4 is 24.2 Å². The maximum absolute atomic E-state index is 13.9. The number of rotatable bonds is 4. The van der Waals surface area contributed by atoms with E-state index in [0.29, 0.717) is 39.1 Å². The first-order chi connectivity index (χ1) is 16.6. The predicted octanol–water partition coefficient (Wildman–Crippen LogP) is 1.64. The van der Waals surface area contributed by atoms with E-state index in [1.165, 1.54) is 13.0 Å². The van der Waals surface area contributed by atoms with Gasteiger partial charge in [0.1, 0.15) is 11.6 Å². The Morgan fingerprint density at radius 1 is 1.19 bits per heavy atom. The van der Waals surface area contributed by atoms with Crippen molar-refractivity contribution in [2.45, 2.75) is 102 Å². The lowest BCUT2D eigenvalue weighted by Gasteiger charge is -2.71. The average molecular weight is 546 g/mol. The second-order valence-electron chi connectivity index (χ2n) is 12.5. The minimum atomic E-state index is -2.23. The van der Waals surface area contributed by atoms with E-state index in [4.69, 9.17) is 14.2 Å². The number of halogens is 1. The molecule has 10 heteroatoms. The van der Waals surface area contributed by atoms with Gasteiger partial charge in [-0.3, -0.25) is 14.5 Å². The minimum Gasteiger partial charge on any atom is -0.455 e. The highest BCUT2D eigenvalue weighted by molar-refractivity contribution is 5.92. The Kier molecular flexibility index (Phi) is 8.10. The molecule has 2 heterocycles. The van der Waals surface area contributed by atoms with Crippen molar-refractivity contribution in [1.29, 1.82) is 0 Å². The van der Waals surface area contributed by atoms with Gasteiger partial charge in [-0.05, 0) is 39.0 Å². The highest BCUT2D eigenvalue weighted by Crippen LogP contribution is 2.67. The van der Waals surface area contributed by atoms with Gasteiger partial charge in [0.15, 0.2) is 17.5 Å². The van der Waals surface area contributed by atoms with Crippen LogP contribution in [0.5, 0.6) is 0 Å². The van der Waals surface area contributed by atoms with Gasteiger partial charge in [-0.15, -0.1) is 19.0 Å². The van der Waals surface area contributed by atoms with Crippen LogP contribution in [0.2, 0.25) is 0 Å². The van der Waals surface area contributed by atoms with Crippen LogP contribution in [0.1, 0.15) is 60.8 Å². The number of ether oxygens (including phenoxy) is 3. The molecule has 212 valence electrons. The molecule has 0 spiro atoms. The van der Waals surface area contributed by atoms with Gasteiger partial charge in [0.2, 0.25) is 0 Å². The van der Waals surface area contributed by atoms with Crippen molar-refractivity contribution in [3.63, 3.8) is 0 Å². The van der Waals surface area contributed by atoms with E-state index < -0.39 is 69.7 Å². The van der Waals surface area contributed by atoms with Gasteiger partial charge in [0, 0.05) is 30.8 Å². The molecule has 9 atom stereocenters. The molecule has 2 aliphatic heterocycles. The van der Waals surface area contributed by atoms with Crippen LogP contribution < -0.4 is 0 Å². The summed E-state index contributed by atoms with van der Waals surface area (Å²) < 4.78 is 17.9. The first-order valence-corrected chi connectivity index (χ1v) is 13.1. The van der Waals surface area contributed by atoms with Crippen LogP contribution >= 0.6 is 12.4 Å². The van der Waals surface area contributed by atoms with Gasteiger partial charge in [0.05, 0.1) is 31.0 Å². The molecule has 0 aromatic heterocycles. The summed E-state index contributed by atoms with van der Waals surface area (Å²) in [6.45, 7) is 16.4. The molecule has 4 fully saturated rings. The maximum Gasteiger partial charge on any atom is 0.323 e. The largest absolute Gasteiger partial charge is 0.455 e. The number of hydrogen-bond donors (Lipinski definition) is 3. The monoisotopic (exact) mass is 545 g/mol. The number of carbonyl (C=O) groups excluding carboxylic acids is 2. The molecule has 2 saturated carbocycles. The van der Waals surface area contributed by atoms with Crippen molar-refractivity contribution in [1.82, 2.24) is 4.90 Å². The van der Waals surface area contributed by atoms with E-state index in [2.05, 4.69) is 6.58 Å². The van der Waals surface area contributed by atoms with Gasteiger partial charge < -0.3 is 29.5 Å². The molecule has 4 rings (SSSR count). The molecule has 2 aliphatic carbocycles. The molecule has 2 saturated heterocycles. The van der Waals surface area contributed by atoms with Gasteiger partial charge in [-0.25, -0.2) is 0 Å². The summed E-state index contributed by atoms with van der Waals surface area (Å²) in [5.41, 5.74) is -7.23. The fraction of sp³-hybridized carbons (Fsp3) is 0.852. The number of hydrogen-bond acceptors (Lipinski definition) is 9. The quantitative estimate of drug-likeness (QED) is 0.357. The number of aliphatic hydroxyl groups excluding tert-OH is 2. The molecule has 0 bridgehead atoms. The van der Waals surface area contributed by atoms with Crippen LogP contribution in [0.3, 0.4) is 0 Å². The van der Waals surface area contributed by atoms with Crippen molar-refractivity contribution in [2.24, 2.45) is 16.7 Å². The molecular formula is C27H44ClNO8. The van der Waals surface area contributed by atoms with Crippen molar-refractivity contribution in [3.05, 3.63) is 12.7 Å². The normalized spacial score (nSPS) is 46.6. The SMILES string of the molecule is C=C[C@@]1(C)CC(=O)[C@]2(O)C3(C)C(C(O)C(OC(=O)C(C)N4CCOCC4)[C@@]2(C)O1)C(C)(C)CC[C@@H]3O.Cl. The molecule has 37 heavy (non-hydrogen) atoms. The lowest BCUT2D eigenvalue weighted by atomic mass is 9.40. The number of nitrogens with zero attached hydrogens (tertiary/aromatic N) is 1. The highest BCUT2D eigenvalue weighted by Gasteiger charge is 2.81. The third-order valence-corrected chi connectivity index (χ3v) is 9.90. The second kappa shape index (κ2) is 9.84. The number of carbonyl (C=O) groups is 2. The number of Topliss-reactive ketones (excluding diaryl/α,β-unsaturated/α-hetero) is 1. The third-order valence-electron chi connectivity index (χ3n) is 9.90. The summed E-state index contributed by atoms with van der Waals surface area (Å²) in [6.07, 6.45) is -1.46. The Morgan fingerprint density at radius 2 is 1.78 bits per heavy atom. The Morgan fingerprint density at radius 3 is 2.35 bits per heavy atom. The number of fused-ring (bicyclic) bond motifs is 3. The zero-order chi connectivity index (χ0) is 26.9. The van der Waals surface area contributed by atoms with E-state index in [1.807, 2.05) is 18.7 Å². The Balaban J connectivity index is 0.00000380. The fourth-order valence-electron chi connectivity index (χ4n) is 7.82. The summed E-state index contributed by atoms with van der Waals surface area (Å²) in [4.78, 5) is 29.3. The van der Waals surface area contributed by atoms with Crippen molar-refractivity contribution < 1.29 is 39.1 Å². The molecule has 0 radical (unpaired) electrons. The molecule has 0 aromatic rings. The molecule has 0 aromatic carbocycles. The molecule has 5 unspecified atom stereocenters. The van der Waals surface area contributed by atoms with Crippen LogP contribution in [0, 0.1) is 16.7 Å². The summed E-state index contributed by atoms with van der Waals surface area (Å²) in [6, 6.07) is -0.624. The van der Waals surface area contributed by atoms with Crippen LogP contribution in [-0.2, 0) is 23.8 Å². The first-order valence-electron chi connectivity index (χ1n) is 13.1. The van der Waals surface area contributed by atoms with E-state index in [9.17, 15) is 24.9 Å². The number of ketones is 1. The number of morpholine rings is 1. The summed E-state index contributed by atoms with van der Waals surface area (Å²) in [7, 11) is 0. The average Bonchev–Trinajstić information content (AvgIpc) is 2.82. The standard InChI is InChI=1S/C27H43NO8.ClH/c1-8-24(5)15-18(30)27(33)25(6)17(29)9-10-23(3,4)20(25)19(31)21(26(27,7)36-24)35-22(32)16(2)28-11-13-34-14-12-28;/h8,16-17,19-21,29,31,33H,1,9-15H2,2-7H3;1H/t16?,17-,19?,20?,21?,24-,25?,26+,27-;/m0./s1. The Bertz CT molecular complexity index is 924. The van der Waals surface area contributed by atoms with Crippen molar-refractivity contribution in [3.8, 4) is 0 Å². The Labute approximate surface area is 225 Å². The third kappa shape index (κ3) is 4.20. The van der Waals surface area contributed by atoms with Gasteiger partial charge in [0.25, 0.3) is 0 Å². The second-order valence-corrected chi connectivity index (χ2v) is 12.5. The minimum absolute atomic E-state index is 0. The zero-order valence-corrected chi connectivity index (χ0v) is 23.7. The first kappa shape index (κ1) is 30.5. The summed E-state index contributed by atoms with van der Waals surface area (Å²) >= 11 is 0. The highest BCUT2D eigenvalue weighted by atomic mass is 35.5. The zero-order valence-electron chi connectivity index (χ0n) is 22.9. The topological polar surface area (TPSA) is 126 Å². The van der Waals surface area contributed by atoms with E-state index in [-0.39, 0.29) is 18.8 Å². The van der Waals surface area contributed by atoms with Crippen LogP contribution in [-0.4, -0.2) is 99.4 Å². The summed E-state index contributed by atoms with van der Waals surface area (Å²) in [5.74, 6) is -1.84. The number of esters is 1. The smallest absolute Gasteiger partial charge is 0.323 e. The van der Waals surface area contributed by atoms with Crippen LogP contribution in [0.25, 0.3) is 0 Å². The fourth-order valence-corrected chi connectivity index (χ4v) is 7.82. The van der Waals surface area contributed by atoms with Gasteiger partial charge in [-0.1, -0.05) is 26.8 Å². The predicted molar refractivity (Wildman–Crippen MR) is 138 cm³/mol. The molecule has 4 aliphatic rings. The van der Waals surface area contributed by atoms with Gasteiger partial charge in [-0.2, -0.15) is 0 Å². The van der Waals surface area contributed by atoms with E-state index in [0.717, 1.165) is 0 Å². The molecule has 3 N–H and O–H groups in total. The summed E-state index contributed by atoms with van der Waals surface area (Å²) in [5, 5.41) is 35.8. The number of aliphatic hydroxyl groups is 3. The molecule has 9 nitrogen and oxygen atoms in total. The molecule has 0 amide bonds.